The third-order valence-corrected chi connectivity index (χ3v) is 7.92. The zero-order valence-corrected chi connectivity index (χ0v) is 17.6. The highest BCUT2D eigenvalue weighted by molar-refractivity contribution is 5.96. The van der Waals surface area contributed by atoms with Crippen LogP contribution in [0.4, 0.5) is 0 Å². The van der Waals surface area contributed by atoms with Crippen LogP contribution in [-0.4, -0.2) is 5.91 Å². The van der Waals surface area contributed by atoms with Crippen molar-refractivity contribution in [2.45, 2.75) is 50.5 Å². The lowest BCUT2D eigenvalue weighted by Gasteiger charge is -2.57. The number of hydrogen-bond acceptors (Lipinski definition) is 3. The van der Waals surface area contributed by atoms with Crippen LogP contribution in [0.15, 0.2) is 63.8 Å². The van der Waals surface area contributed by atoms with E-state index in [-0.39, 0.29) is 16.9 Å². The van der Waals surface area contributed by atoms with Crippen LogP contribution < -0.4 is 10.9 Å². The molecule has 0 aliphatic heterocycles. The molecule has 1 aromatic heterocycles. The average Bonchev–Trinajstić information content (AvgIpc) is 2.76. The molecule has 4 nitrogen and oxygen atoms in total. The molecule has 4 heteroatoms. The Kier molecular flexibility index (Phi) is 4.31. The molecule has 0 saturated heterocycles. The van der Waals surface area contributed by atoms with Crippen LogP contribution in [0.1, 0.15) is 60.0 Å². The van der Waals surface area contributed by atoms with E-state index in [1.807, 2.05) is 36.4 Å². The molecular weight excluding hydrogens is 386 g/mol. The highest BCUT2D eigenvalue weighted by Crippen LogP contribution is 2.60. The van der Waals surface area contributed by atoms with Gasteiger partial charge in [0.25, 0.3) is 5.91 Å². The number of hydrogen-bond donors (Lipinski definition) is 1. The molecule has 7 rings (SSSR count). The molecule has 1 heterocycles. The first-order valence-electron chi connectivity index (χ1n) is 11.5. The highest BCUT2D eigenvalue weighted by Gasteiger charge is 2.51. The molecule has 4 aliphatic rings. The Morgan fingerprint density at radius 3 is 2.29 bits per heavy atom. The van der Waals surface area contributed by atoms with Gasteiger partial charge >= 0.3 is 5.63 Å². The van der Waals surface area contributed by atoms with Gasteiger partial charge in [0, 0.05) is 11.9 Å². The summed E-state index contributed by atoms with van der Waals surface area (Å²) in [5, 5.41) is 3.69. The molecule has 4 aliphatic carbocycles. The molecule has 4 fully saturated rings. The van der Waals surface area contributed by atoms with E-state index < -0.39 is 5.63 Å². The molecular formula is C27H27NO3. The largest absolute Gasteiger partial charge is 0.422 e. The summed E-state index contributed by atoms with van der Waals surface area (Å²) in [6.45, 7) is 0.379. The summed E-state index contributed by atoms with van der Waals surface area (Å²) in [7, 11) is 0. The Bertz CT molecular complexity index is 1170. The molecule has 31 heavy (non-hydrogen) atoms. The Morgan fingerprint density at radius 1 is 0.935 bits per heavy atom. The van der Waals surface area contributed by atoms with Crippen LogP contribution in [0.5, 0.6) is 0 Å². The van der Waals surface area contributed by atoms with Gasteiger partial charge in [-0.25, -0.2) is 4.79 Å². The third kappa shape index (κ3) is 3.29. The lowest BCUT2D eigenvalue weighted by Crippen LogP contribution is -2.48. The van der Waals surface area contributed by atoms with Gasteiger partial charge < -0.3 is 9.73 Å². The molecule has 0 atom stereocenters. The predicted molar refractivity (Wildman–Crippen MR) is 120 cm³/mol. The summed E-state index contributed by atoms with van der Waals surface area (Å²) in [5.41, 5.74) is 2.67. The normalized spacial score (nSPS) is 28.7. The minimum atomic E-state index is -0.583. The minimum Gasteiger partial charge on any atom is -0.422 e. The minimum absolute atomic E-state index is 0.0751. The summed E-state index contributed by atoms with van der Waals surface area (Å²) in [6.07, 6.45) is 8.08. The van der Waals surface area contributed by atoms with Gasteiger partial charge in [-0.3, -0.25) is 4.79 Å². The van der Waals surface area contributed by atoms with Crippen molar-refractivity contribution in [2.24, 2.45) is 17.8 Å². The first kappa shape index (κ1) is 18.9. The van der Waals surface area contributed by atoms with Gasteiger partial charge in [0.15, 0.2) is 0 Å². The van der Waals surface area contributed by atoms with E-state index in [1.165, 1.54) is 44.1 Å². The van der Waals surface area contributed by atoms with Crippen LogP contribution in [0.25, 0.3) is 11.0 Å². The van der Waals surface area contributed by atoms with Gasteiger partial charge in [-0.05, 0) is 91.0 Å². The summed E-state index contributed by atoms with van der Waals surface area (Å²) in [4.78, 5) is 25.2. The molecule has 0 spiro atoms. The van der Waals surface area contributed by atoms with E-state index in [0.717, 1.165) is 28.7 Å². The second kappa shape index (κ2) is 7.08. The summed E-state index contributed by atoms with van der Waals surface area (Å²) >= 11 is 0. The lowest BCUT2D eigenvalue weighted by molar-refractivity contribution is -0.00513. The lowest BCUT2D eigenvalue weighted by atomic mass is 9.48. The standard InChI is InChI=1S/C27H27NO3/c29-25(28-16-17-4-2-1-3-5-17)23-12-21-11-22(6-7-24(21)31-26(23)30)27-13-18-8-19(14-27)10-20(9-18)15-27/h1-7,11-12,18-20H,8-10,13-16H2,(H,28,29). The van der Waals surface area contributed by atoms with Gasteiger partial charge in [0.2, 0.25) is 0 Å². The monoisotopic (exact) mass is 413 g/mol. The number of amides is 1. The van der Waals surface area contributed by atoms with Crippen molar-refractivity contribution in [1.29, 1.82) is 0 Å². The van der Waals surface area contributed by atoms with Crippen LogP contribution in [0, 0.1) is 17.8 Å². The van der Waals surface area contributed by atoms with Crippen molar-refractivity contribution in [3.8, 4) is 0 Å². The van der Waals surface area contributed by atoms with Gasteiger partial charge in [-0.2, -0.15) is 0 Å². The SMILES string of the molecule is O=C(NCc1ccccc1)c1cc2cc(C34CC5CC(CC(C5)C3)C4)ccc2oc1=O. The summed E-state index contributed by atoms with van der Waals surface area (Å²) < 4.78 is 5.52. The van der Waals surface area contributed by atoms with Crippen molar-refractivity contribution in [2.75, 3.05) is 0 Å². The maximum absolute atomic E-state index is 12.7. The Labute approximate surface area is 181 Å². The smallest absolute Gasteiger partial charge is 0.349 e. The molecule has 1 N–H and O–H groups in total. The topological polar surface area (TPSA) is 59.3 Å². The Hall–Kier alpha value is -2.88. The van der Waals surface area contributed by atoms with Crippen molar-refractivity contribution in [3.05, 3.63) is 81.7 Å². The van der Waals surface area contributed by atoms with Crippen LogP contribution in [-0.2, 0) is 12.0 Å². The highest BCUT2D eigenvalue weighted by atomic mass is 16.4. The Morgan fingerprint density at radius 2 is 1.61 bits per heavy atom. The predicted octanol–water partition coefficient (Wildman–Crippen LogP) is 5.19. The number of rotatable bonds is 4. The second-order valence-electron chi connectivity index (χ2n) is 10.1. The van der Waals surface area contributed by atoms with E-state index >= 15 is 0 Å². The van der Waals surface area contributed by atoms with Gasteiger partial charge in [0.05, 0.1) is 0 Å². The van der Waals surface area contributed by atoms with Crippen molar-refractivity contribution < 1.29 is 9.21 Å². The zero-order valence-electron chi connectivity index (χ0n) is 17.6. The third-order valence-electron chi connectivity index (χ3n) is 7.92. The fourth-order valence-electron chi connectivity index (χ4n) is 6.95. The van der Waals surface area contributed by atoms with Crippen molar-refractivity contribution in [3.63, 3.8) is 0 Å². The van der Waals surface area contributed by atoms with E-state index in [0.29, 0.717) is 12.1 Å². The van der Waals surface area contributed by atoms with E-state index in [1.54, 1.807) is 6.07 Å². The maximum Gasteiger partial charge on any atom is 0.349 e. The number of benzene rings is 2. The van der Waals surface area contributed by atoms with Crippen molar-refractivity contribution >= 4 is 16.9 Å². The first-order chi connectivity index (χ1) is 15.1. The number of nitrogens with one attached hydrogen (secondary N) is 1. The van der Waals surface area contributed by atoms with Crippen LogP contribution in [0.2, 0.25) is 0 Å². The molecule has 158 valence electrons. The fourth-order valence-corrected chi connectivity index (χ4v) is 6.95. The summed E-state index contributed by atoms with van der Waals surface area (Å²) in [6, 6.07) is 17.7. The number of carbonyl (C=O) groups is 1. The molecule has 4 saturated carbocycles. The van der Waals surface area contributed by atoms with Gasteiger partial charge in [-0.1, -0.05) is 36.4 Å². The van der Waals surface area contributed by atoms with Crippen molar-refractivity contribution in [1.82, 2.24) is 5.32 Å². The number of fused-ring (bicyclic) bond motifs is 1. The van der Waals surface area contributed by atoms with Gasteiger partial charge in [0.1, 0.15) is 11.1 Å². The maximum atomic E-state index is 12.7. The van der Waals surface area contributed by atoms with E-state index in [4.69, 9.17) is 4.42 Å². The zero-order chi connectivity index (χ0) is 21.0. The van der Waals surface area contributed by atoms with E-state index in [2.05, 4.69) is 17.4 Å². The molecule has 0 radical (unpaired) electrons. The average molecular weight is 414 g/mol. The first-order valence-corrected chi connectivity index (χ1v) is 11.5. The number of carbonyl (C=O) groups excluding carboxylic acids is 1. The second-order valence-corrected chi connectivity index (χ2v) is 10.1. The quantitative estimate of drug-likeness (QED) is 0.599. The molecule has 4 bridgehead atoms. The fraction of sp³-hybridized carbons (Fsp3) is 0.407. The molecule has 2 aromatic carbocycles. The molecule has 3 aromatic rings. The molecule has 0 unspecified atom stereocenters. The van der Waals surface area contributed by atoms with Crippen LogP contribution in [0.3, 0.4) is 0 Å². The summed E-state index contributed by atoms with van der Waals surface area (Å²) in [5.74, 6) is 2.22. The van der Waals surface area contributed by atoms with E-state index in [9.17, 15) is 9.59 Å². The Balaban J connectivity index is 1.31. The van der Waals surface area contributed by atoms with Gasteiger partial charge in [-0.15, -0.1) is 0 Å². The van der Waals surface area contributed by atoms with Crippen LogP contribution >= 0.6 is 0 Å². The molecule has 1 amide bonds.